The molecule has 0 aliphatic carbocycles. The van der Waals surface area contributed by atoms with Gasteiger partial charge >= 0.3 is 6.18 Å². The largest absolute Gasteiger partial charge is 0.451 e. The maximum absolute atomic E-state index is 12.6. The Morgan fingerprint density at radius 3 is 2.50 bits per heavy atom. The summed E-state index contributed by atoms with van der Waals surface area (Å²) in [6.45, 7) is 4.14. The first-order valence-electron chi connectivity index (χ1n) is 5.59. The van der Waals surface area contributed by atoms with E-state index >= 15 is 0 Å². The molecule has 3 nitrogen and oxygen atoms in total. The van der Waals surface area contributed by atoms with Crippen LogP contribution in [0.5, 0.6) is 0 Å². The zero-order valence-electron chi connectivity index (χ0n) is 10.5. The Labute approximate surface area is 109 Å². The Morgan fingerprint density at radius 1 is 1.33 bits per heavy atom. The number of hydrogen-bond acceptors (Lipinski definition) is 4. The van der Waals surface area contributed by atoms with Crippen molar-refractivity contribution in [3.8, 4) is 0 Å². The molecule has 0 atom stereocenters. The highest BCUT2D eigenvalue weighted by Crippen LogP contribution is 2.29. The van der Waals surface area contributed by atoms with Gasteiger partial charge < -0.3 is 5.32 Å². The van der Waals surface area contributed by atoms with Crippen molar-refractivity contribution in [3.05, 3.63) is 11.9 Å². The highest BCUT2D eigenvalue weighted by molar-refractivity contribution is 7.99. The SMILES string of the molecule is CNc1cc(SCCC(C)C)nc(C(F)(F)F)n1. The number of thioether (sulfide) groups is 1. The summed E-state index contributed by atoms with van der Waals surface area (Å²) in [5, 5.41) is 2.96. The molecule has 0 saturated carbocycles. The summed E-state index contributed by atoms with van der Waals surface area (Å²) < 4.78 is 37.7. The van der Waals surface area contributed by atoms with Crippen molar-refractivity contribution < 1.29 is 13.2 Å². The van der Waals surface area contributed by atoms with Gasteiger partial charge in [0, 0.05) is 13.1 Å². The van der Waals surface area contributed by atoms with Crippen molar-refractivity contribution in [2.45, 2.75) is 31.5 Å². The Balaban J connectivity index is 2.84. The van der Waals surface area contributed by atoms with Gasteiger partial charge in [0.15, 0.2) is 0 Å². The van der Waals surface area contributed by atoms with Gasteiger partial charge in [0.2, 0.25) is 5.82 Å². The summed E-state index contributed by atoms with van der Waals surface area (Å²) in [7, 11) is 1.53. The van der Waals surface area contributed by atoms with Gasteiger partial charge in [0.25, 0.3) is 0 Å². The standard InChI is InChI=1S/C11H16F3N3S/c1-7(2)4-5-18-9-6-8(15-3)16-10(17-9)11(12,13)14/h6-7H,4-5H2,1-3H3,(H,15,16,17). The van der Waals surface area contributed by atoms with Crippen LogP contribution >= 0.6 is 11.8 Å². The van der Waals surface area contributed by atoms with Gasteiger partial charge in [-0.1, -0.05) is 13.8 Å². The van der Waals surface area contributed by atoms with E-state index < -0.39 is 12.0 Å². The third kappa shape index (κ3) is 4.72. The lowest BCUT2D eigenvalue weighted by atomic mass is 10.2. The Bertz CT molecular complexity index is 394. The smallest absolute Gasteiger partial charge is 0.373 e. The van der Waals surface area contributed by atoms with Gasteiger partial charge in [-0.05, 0) is 18.1 Å². The Morgan fingerprint density at radius 2 is 2.00 bits per heavy atom. The van der Waals surface area contributed by atoms with E-state index in [-0.39, 0.29) is 5.82 Å². The first kappa shape index (κ1) is 15.1. The minimum absolute atomic E-state index is 0.185. The first-order chi connectivity index (χ1) is 8.32. The van der Waals surface area contributed by atoms with Crippen LogP contribution in [-0.2, 0) is 6.18 Å². The molecule has 1 heterocycles. The number of halogens is 3. The Kier molecular flexibility index (Phi) is 5.25. The van der Waals surface area contributed by atoms with Crippen LogP contribution in [0.2, 0.25) is 0 Å². The molecule has 102 valence electrons. The maximum atomic E-state index is 12.6. The summed E-state index contributed by atoms with van der Waals surface area (Å²) >= 11 is 1.32. The minimum atomic E-state index is -4.51. The quantitative estimate of drug-likeness (QED) is 0.659. The molecule has 0 bridgehead atoms. The summed E-state index contributed by atoms with van der Waals surface area (Å²) in [4.78, 5) is 6.94. The lowest BCUT2D eigenvalue weighted by molar-refractivity contribution is -0.145. The molecule has 0 unspecified atom stereocenters. The predicted octanol–water partition coefficient (Wildman–Crippen LogP) is 3.68. The monoisotopic (exact) mass is 279 g/mol. The lowest BCUT2D eigenvalue weighted by Crippen LogP contribution is -2.13. The van der Waals surface area contributed by atoms with E-state index in [1.54, 1.807) is 0 Å². The fourth-order valence-electron chi connectivity index (χ4n) is 1.15. The fourth-order valence-corrected chi connectivity index (χ4v) is 2.30. The topological polar surface area (TPSA) is 37.8 Å². The normalized spacial score (nSPS) is 11.9. The van der Waals surface area contributed by atoms with Crippen LogP contribution < -0.4 is 5.32 Å². The van der Waals surface area contributed by atoms with Gasteiger partial charge in [-0.3, -0.25) is 0 Å². The fraction of sp³-hybridized carbons (Fsp3) is 0.636. The molecule has 0 aliphatic heterocycles. The third-order valence-electron chi connectivity index (χ3n) is 2.16. The highest BCUT2D eigenvalue weighted by atomic mass is 32.2. The van der Waals surface area contributed by atoms with Crippen LogP contribution in [0.4, 0.5) is 19.0 Å². The molecule has 0 aromatic carbocycles. The molecule has 1 N–H and O–H groups in total. The van der Waals surface area contributed by atoms with E-state index in [4.69, 9.17) is 0 Å². The number of anilines is 1. The van der Waals surface area contributed by atoms with E-state index in [9.17, 15) is 13.2 Å². The van der Waals surface area contributed by atoms with Crippen molar-refractivity contribution in [1.82, 2.24) is 9.97 Å². The van der Waals surface area contributed by atoms with Crippen LogP contribution in [0, 0.1) is 5.92 Å². The molecule has 1 aromatic rings. The molecule has 0 spiro atoms. The van der Waals surface area contributed by atoms with Gasteiger partial charge in [0.1, 0.15) is 10.8 Å². The van der Waals surface area contributed by atoms with Gasteiger partial charge in [-0.2, -0.15) is 13.2 Å². The Hall–Kier alpha value is -0.980. The van der Waals surface area contributed by atoms with Crippen LogP contribution in [0.25, 0.3) is 0 Å². The van der Waals surface area contributed by atoms with E-state index in [2.05, 4.69) is 29.1 Å². The number of rotatable bonds is 5. The highest BCUT2D eigenvalue weighted by Gasteiger charge is 2.35. The second kappa shape index (κ2) is 6.26. The first-order valence-corrected chi connectivity index (χ1v) is 6.58. The van der Waals surface area contributed by atoms with E-state index in [0.29, 0.717) is 10.9 Å². The number of alkyl halides is 3. The van der Waals surface area contributed by atoms with Crippen molar-refractivity contribution in [2.75, 3.05) is 18.1 Å². The molecule has 7 heteroatoms. The van der Waals surface area contributed by atoms with Crippen molar-refractivity contribution in [2.24, 2.45) is 5.92 Å². The zero-order valence-corrected chi connectivity index (χ0v) is 11.3. The lowest BCUT2D eigenvalue weighted by Gasteiger charge is -2.10. The van der Waals surface area contributed by atoms with E-state index in [1.807, 2.05) is 0 Å². The molecule has 1 rings (SSSR count). The van der Waals surface area contributed by atoms with Crippen LogP contribution in [0.15, 0.2) is 11.1 Å². The molecule has 0 radical (unpaired) electrons. The average Bonchev–Trinajstić information content (AvgIpc) is 2.27. The van der Waals surface area contributed by atoms with Crippen LogP contribution in [0.3, 0.4) is 0 Å². The molecular weight excluding hydrogens is 263 g/mol. The average molecular weight is 279 g/mol. The number of nitrogens with zero attached hydrogens (tertiary/aromatic N) is 2. The third-order valence-corrected chi connectivity index (χ3v) is 3.10. The number of nitrogens with one attached hydrogen (secondary N) is 1. The van der Waals surface area contributed by atoms with Gasteiger partial charge in [0.05, 0.1) is 0 Å². The number of aromatic nitrogens is 2. The van der Waals surface area contributed by atoms with E-state index in [1.165, 1.54) is 24.9 Å². The zero-order chi connectivity index (χ0) is 13.8. The van der Waals surface area contributed by atoms with Crippen LogP contribution in [0.1, 0.15) is 26.1 Å². The van der Waals surface area contributed by atoms with Gasteiger partial charge in [-0.15, -0.1) is 11.8 Å². The van der Waals surface area contributed by atoms with Crippen molar-refractivity contribution in [1.29, 1.82) is 0 Å². The molecule has 18 heavy (non-hydrogen) atoms. The summed E-state index contributed by atoms with van der Waals surface area (Å²) in [6, 6.07) is 1.53. The molecule has 0 amide bonds. The molecular formula is C11H16F3N3S. The van der Waals surface area contributed by atoms with E-state index in [0.717, 1.165) is 12.2 Å². The molecule has 1 aromatic heterocycles. The van der Waals surface area contributed by atoms with Crippen LogP contribution in [-0.4, -0.2) is 22.8 Å². The second-order valence-electron chi connectivity index (χ2n) is 4.19. The summed E-state index contributed by atoms with van der Waals surface area (Å²) in [6.07, 6.45) is -3.58. The van der Waals surface area contributed by atoms with Crippen molar-refractivity contribution >= 4 is 17.6 Å². The summed E-state index contributed by atoms with van der Waals surface area (Å²) in [5.41, 5.74) is 0. The van der Waals surface area contributed by atoms with Gasteiger partial charge in [-0.25, -0.2) is 9.97 Å². The minimum Gasteiger partial charge on any atom is -0.373 e. The maximum Gasteiger partial charge on any atom is 0.451 e. The second-order valence-corrected chi connectivity index (χ2v) is 5.31. The summed E-state index contributed by atoms with van der Waals surface area (Å²) in [5.74, 6) is 0.353. The molecule has 0 saturated heterocycles. The predicted molar refractivity (Wildman–Crippen MR) is 66.8 cm³/mol. The molecule has 0 fully saturated rings. The molecule has 0 aliphatic rings. The number of hydrogen-bond donors (Lipinski definition) is 1. The van der Waals surface area contributed by atoms with Crippen molar-refractivity contribution in [3.63, 3.8) is 0 Å².